The van der Waals surface area contributed by atoms with E-state index in [-0.39, 0.29) is 41.6 Å². The van der Waals surface area contributed by atoms with Crippen molar-refractivity contribution in [1.82, 2.24) is 5.32 Å². The molecule has 1 amide bonds. The first-order valence-corrected chi connectivity index (χ1v) is 13.1. The van der Waals surface area contributed by atoms with E-state index in [9.17, 15) is 19.5 Å². The number of carbonyl (C=O) groups excluding carboxylic acids is 3. The number of allylic oxidation sites excluding steroid dienone is 4. The third-order valence-electron chi connectivity index (χ3n) is 5.32. The maximum atomic E-state index is 11.8. The molecule has 0 saturated carbocycles. The Morgan fingerprint density at radius 3 is 2.41 bits per heavy atom. The number of hydrogen-bond acceptors (Lipinski definition) is 5. The number of aldehydes is 1. The Bertz CT molecular complexity index is 713. The second-order valence-electron chi connectivity index (χ2n) is 8.42. The molecule has 1 rings (SSSR count). The fraction of sp³-hybridized carbons (Fsp3) is 0.567. The van der Waals surface area contributed by atoms with Gasteiger partial charge in [0.05, 0.1) is 0 Å². The first-order chi connectivity index (χ1) is 17.3. The van der Waals surface area contributed by atoms with Gasteiger partial charge in [-0.1, -0.05) is 58.6 Å². The molecule has 1 fully saturated rings. The van der Waals surface area contributed by atoms with Crippen molar-refractivity contribution in [2.45, 2.75) is 104 Å². The summed E-state index contributed by atoms with van der Waals surface area (Å²) in [6.07, 6.45) is 15.8. The smallest absolute Gasteiger partial charge is 0.849 e. The van der Waals surface area contributed by atoms with E-state index in [0.29, 0.717) is 31.6 Å². The van der Waals surface area contributed by atoms with E-state index in [1.165, 1.54) is 0 Å². The number of amides is 1. The zero-order valence-electron chi connectivity index (χ0n) is 23.9. The number of nitrogens with one attached hydrogen (secondary N) is 1. The van der Waals surface area contributed by atoms with Crippen molar-refractivity contribution in [3.63, 3.8) is 0 Å². The van der Waals surface area contributed by atoms with E-state index in [1.54, 1.807) is 6.08 Å². The fourth-order valence-electron chi connectivity index (χ4n) is 3.57. The summed E-state index contributed by atoms with van der Waals surface area (Å²) in [7, 11) is 0. The molecule has 37 heavy (non-hydrogen) atoms. The van der Waals surface area contributed by atoms with Gasteiger partial charge in [0.1, 0.15) is 12.4 Å². The Kier molecular flexibility index (Phi) is 29.4. The SMILES string of the molecule is C=C1CC(CCCC=O)CC(=O)N1.C=CCC/C=C/C([O-])CCC(OC(=O)C=C)/C(C)=C/CC.CC.[Na+]. The minimum absolute atomic E-state index is 0. The normalized spacial score (nSPS) is 16.5. The molecule has 0 aromatic heterocycles. The molecule has 204 valence electrons. The Morgan fingerprint density at radius 2 is 1.86 bits per heavy atom. The molecule has 1 saturated heterocycles. The van der Waals surface area contributed by atoms with Crippen molar-refractivity contribution >= 4 is 18.2 Å². The molecule has 0 bridgehead atoms. The predicted octanol–water partition coefficient (Wildman–Crippen LogP) is 2.90. The van der Waals surface area contributed by atoms with Crippen molar-refractivity contribution in [1.29, 1.82) is 0 Å². The molecule has 0 radical (unpaired) electrons. The molecule has 0 aliphatic carbocycles. The van der Waals surface area contributed by atoms with Crippen LogP contribution in [0.3, 0.4) is 0 Å². The molecule has 0 spiro atoms. The number of esters is 1. The minimum atomic E-state index is -0.769. The van der Waals surface area contributed by atoms with Gasteiger partial charge in [-0.2, -0.15) is 0 Å². The molecule has 1 heterocycles. The summed E-state index contributed by atoms with van der Waals surface area (Å²) in [5, 5.41) is 14.5. The average Bonchev–Trinajstić information content (AvgIpc) is 2.85. The van der Waals surface area contributed by atoms with Crippen molar-refractivity contribution < 1.29 is 53.8 Å². The number of unbranched alkanes of at least 4 members (excludes halogenated alkanes) is 2. The van der Waals surface area contributed by atoms with Crippen molar-refractivity contribution in [3.8, 4) is 0 Å². The Morgan fingerprint density at radius 1 is 1.19 bits per heavy atom. The van der Waals surface area contributed by atoms with Crippen LogP contribution < -0.4 is 40.0 Å². The maximum Gasteiger partial charge on any atom is 1.00 e. The molecule has 0 aromatic rings. The van der Waals surface area contributed by atoms with Gasteiger partial charge in [-0.3, -0.25) is 4.79 Å². The number of hydrogen-bond donors (Lipinski definition) is 1. The molecular formula is C30H48NNaO5. The first-order valence-electron chi connectivity index (χ1n) is 13.1. The van der Waals surface area contributed by atoms with Gasteiger partial charge < -0.3 is 20.0 Å². The standard InChI is InChI=1S/C18H27O3.C10H15NO2.C2H6.Na/c1-5-8-9-10-12-16(19)13-14-17(15(4)11-6-2)21-18(20)7-3;1-8-6-9(4-2-3-5-12)7-10(13)11-8;1-2;/h5,7,10-12,16-17H,1,3,6,8-9,13-14H2,2,4H3;5,9H,1-4,6-7H2,(H,11,13);1-2H3;/q-1;;;+1/b12-10+,15-11+;;;. The van der Waals surface area contributed by atoms with Gasteiger partial charge in [0.25, 0.3) is 0 Å². The molecule has 7 heteroatoms. The summed E-state index contributed by atoms with van der Waals surface area (Å²) in [5.74, 6) is 0.00128. The quantitative estimate of drug-likeness (QED) is 0.0886. The molecule has 3 atom stereocenters. The van der Waals surface area contributed by atoms with Crippen LogP contribution in [0.2, 0.25) is 0 Å². The summed E-state index contributed by atoms with van der Waals surface area (Å²) in [6, 6.07) is 0. The minimum Gasteiger partial charge on any atom is -0.849 e. The number of piperidine rings is 1. The van der Waals surface area contributed by atoms with E-state index in [0.717, 1.165) is 62.2 Å². The third-order valence-corrected chi connectivity index (χ3v) is 5.32. The zero-order chi connectivity index (χ0) is 27.8. The monoisotopic (exact) mass is 525 g/mol. The van der Waals surface area contributed by atoms with Gasteiger partial charge in [0, 0.05) is 24.6 Å². The van der Waals surface area contributed by atoms with Gasteiger partial charge in [-0.15, -0.1) is 18.8 Å². The molecule has 0 aromatic carbocycles. The van der Waals surface area contributed by atoms with Crippen LogP contribution in [0.1, 0.15) is 91.9 Å². The van der Waals surface area contributed by atoms with Crippen LogP contribution in [-0.4, -0.2) is 30.4 Å². The summed E-state index contributed by atoms with van der Waals surface area (Å²) in [6.45, 7) is 18.7. The summed E-state index contributed by atoms with van der Waals surface area (Å²) >= 11 is 0. The number of rotatable bonds is 15. The van der Waals surface area contributed by atoms with E-state index in [4.69, 9.17) is 4.74 Å². The van der Waals surface area contributed by atoms with E-state index < -0.39 is 12.1 Å². The molecular weight excluding hydrogens is 477 g/mol. The van der Waals surface area contributed by atoms with Crippen LogP contribution in [-0.2, 0) is 19.1 Å². The van der Waals surface area contributed by atoms with Gasteiger partial charge >= 0.3 is 35.5 Å². The molecule has 1 aliphatic rings. The van der Waals surface area contributed by atoms with Crippen LogP contribution in [0, 0.1) is 5.92 Å². The van der Waals surface area contributed by atoms with Gasteiger partial charge in [-0.05, 0) is 63.4 Å². The topological polar surface area (TPSA) is 95.5 Å². The summed E-state index contributed by atoms with van der Waals surface area (Å²) < 4.78 is 5.31. The van der Waals surface area contributed by atoms with E-state index >= 15 is 0 Å². The van der Waals surface area contributed by atoms with E-state index in [1.807, 2.05) is 45.9 Å². The molecule has 6 nitrogen and oxygen atoms in total. The second-order valence-corrected chi connectivity index (χ2v) is 8.42. The van der Waals surface area contributed by atoms with Gasteiger partial charge in [0.2, 0.25) is 5.91 Å². The van der Waals surface area contributed by atoms with Crippen LogP contribution >= 0.6 is 0 Å². The third kappa shape index (κ3) is 23.1. The molecule has 1 aliphatic heterocycles. The Labute approximate surface area is 247 Å². The van der Waals surface area contributed by atoms with Crippen LogP contribution in [0.25, 0.3) is 0 Å². The largest absolute Gasteiger partial charge is 1.00 e. The molecule has 1 N–H and O–H groups in total. The average molecular weight is 526 g/mol. The van der Waals surface area contributed by atoms with Crippen molar-refractivity contribution in [2.75, 3.05) is 0 Å². The fourth-order valence-corrected chi connectivity index (χ4v) is 3.57. The predicted molar refractivity (Wildman–Crippen MR) is 147 cm³/mol. The second kappa shape index (κ2) is 27.3. The first kappa shape index (κ1) is 39.8. The zero-order valence-corrected chi connectivity index (χ0v) is 25.9. The summed E-state index contributed by atoms with van der Waals surface area (Å²) in [4.78, 5) is 32.5. The Balaban J connectivity index is -0.000000619. The number of carbonyl (C=O) groups is 3. The maximum absolute atomic E-state index is 11.8. The van der Waals surface area contributed by atoms with Crippen LogP contribution in [0.5, 0.6) is 0 Å². The summed E-state index contributed by atoms with van der Waals surface area (Å²) in [5.41, 5.74) is 1.79. The van der Waals surface area contributed by atoms with Crippen LogP contribution in [0.4, 0.5) is 0 Å². The van der Waals surface area contributed by atoms with Crippen molar-refractivity contribution in [3.05, 3.63) is 61.4 Å². The van der Waals surface area contributed by atoms with Gasteiger partial charge in [-0.25, -0.2) is 4.79 Å². The number of ether oxygens (including phenoxy) is 1. The molecule has 3 unspecified atom stereocenters. The van der Waals surface area contributed by atoms with Gasteiger partial charge in [0.15, 0.2) is 0 Å². The Hall–Kier alpha value is -1.73. The van der Waals surface area contributed by atoms with Crippen molar-refractivity contribution in [2.24, 2.45) is 5.92 Å². The van der Waals surface area contributed by atoms with Crippen LogP contribution in [0.15, 0.2) is 61.4 Å². The van der Waals surface area contributed by atoms with E-state index in [2.05, 4.69) is 25.1 Å².